The molecule has 1 aliphatic carbocycles. The summed E-state index contributed by atoms with van der Waals surface area (Å²) in [6.45, 7) is 3.48. The molecule has 1 aliphatic heterocycles. The standard InChI is InChI=1S/C18H22FN3O3/c1-11-5-7-18(8-6-11)16(24)22(17(25)21-18)10-15(23)20-14-9-12(2)3-4-13(14)19/h3-4,9,11H,5-8,10H2,1-2H3,(H,20,23)(H,21,25). The second kappa shape index (κ2) is 6.46. The fourth-order valence-corrected chi connectivity index (χ4v) is 3.48. The molecule has 25 heavy (non-hydrogen) atoms. The first-order valence-electron chi connectivity index (χ1n) is 8.51. The summed E-state index contributed by atoms with van der Waals surface area (Å²) in [4.78, 5) is 38.0. The number of anilines is 1. The normalized spacial score (nSPS) is 26.0. The third-order valence-electron chi connectivity index (χ3n) is 5.07. The van der Waals surface area contributed by atoms with Gasteiger partial charge in [-0.1, -0.05) is 13.0 Å². The molecule has 0 unspecified atom stereocenters. The molecule has 4 amide bonds. The molecule has 1 saturated carbocycles. The van der Waals surface area contributed by atoms with Gasteiger partial charge in [0.15, 0.2) is 0 Å². The molecule has 3 rings (SSSR count). The van der Waals surface area contributed by atoms with E-state index in [1.807, 2.05) is 0 Å². The van der Waals surface area contributed by atoms with Crippen LogP contribution in [0.15, 0.2) is 18.2 Å². The van der Waals surface area contributed by atoms with Crippen LogP contribution in [0.2, 0.25) is 0 Å². The number of imide groups is 1. The average molecular weight is 347 g/mol. The van der Waals surface area contributed by atoms with Crippen LogP contribution in [-0.2, 0) is 9.59 Å². The predicted molar refractivity (Wildman–Crippen MR) is 90.4 cm³/mol. The van der Waals surface area contributed by atoms with E-state index in [-0.39, 0.29) is 11.6 Å². The summed E-state index contributed by atoms with van der Waals surface area (Å²) in [5.41, 5.74) is -0.0430. The minimum absolute atomic E-state index is 0.0401. The second-order valence-electron chi connectivity index (χ2n) is 7.12. The molecule has 2 aliphatic rings. The van der Waals surface area contributed by atoms with Gasteiger partial charge in [0.1, 0.15) is 17.9 Å². The fraction of sp³-hybridized carbons (Fsp3) is 0.500. The van der Waals surface area contributed by atoms with E-state index in [1.165, 1.54) is 12.1 Å². The van der Waals surface area contributed by atoms with Gasteiger partial charge in [0.25, 0.3) is 5.91 Å². The zero-order valence-corrected chi connectivity index (χ0v) is 14.4. The van der Waals surface area contributed by atoms with Crippen molar-refractivity contribution in [2.45, 2.75) is 45.1 Å². The van der Waals surface area contributed by atoms with Crippen molar-refractivity contribution in [3.05, 3.63) is 29.6 Å². The van der Waals surface area contributed by atoms with Crippen molar-refractivity contribution in [3.8, 4) is 0 Å². The van der Waals surface area contributed by atoms with Gasteiger partial charge < -0.3 is 10.6 Å². The minimum Gasteiger partial charge on any atom is -0.323 e. The van der Waals surface area contributed by atoms with Gasteiger partial charge in [-0.3, -0.25) is 14.5 Å². The van der Waals surface area contributed by atoms with Gasteiger partial charge in [0.2, 0.25) is 5.91 Å². The van der Waals surface area contributed by atoms with Crippen molar-refractivity contribution < 1.29 is 18.8 Å². The van der Waals surface area contributed by atoms with E-state index in [2.05, 4.69) is 17.6 Å². The van der Waals surface area contributed by atoms with Gasteiger partial charge in [-0.15, -0.1) is 0 Å². The summed E-state index contributed by atoms with van der Waals surface area (Å²) in [5, 5.41) is 5.19. The molecule has 0 radical (unpaired) electrons. The molecule has 1 aromatic carbocycles. The highest BCUT2D eigenvalue weighted by Crippen LogP contribution is 2.36. The first-order valence-corrected chi connectivity index (χ1v) is 8.51. The van der Waals surface area contributed by atoms with Crippen molar-refractivity contribution in [1.29, 1.82) is 0 Å². The Bertz CT molecular complexity index is 726. The molecule has 7 heteroatoms. The van der Waals surface area contributed by atoms with Crippen LogP contribution in [0.3, 0.4) is 0 Å². The van der Waals surface area contributed by atoms with Gasteiger partial charge in [0.05, 0.1) is 5.69 Å². The number of nitrogens with one attached hydrogen (secondary N) is 2. The maximum absolute atomic E-state index is 13.7. The van der Waals surface area contributed by atoms with E-state index in [9.17, 15) is 18.8 Å². The van der Waals surface area contributed by atoms with Crippen LogP contribution in [0, 0.1) is 18.7 Å². The molecule has 0 atom stereocenters. The van der Waals surface area contributed by atoms with E-state index in [4.69, 9.17) is 0 Å². The Balaban J connectivity index is 1.68. The number of nitrogens with zero attached hydrogens (tertiary/aromatic N) is 1. The first-order chi connectivity index (χ1) is 11.8. The summed E-state index contributed by atoms with van der Waals surface area (Å²) >= 11 is 0. The highest BCUT2D eigenvalue weighted by molar-refractivity contribution is 6.10. The van der Waals surface area contributed by atoms with Crippen LogP contribution in [0.4, 0.5) is 14.9 Å². The van der Waals surface area contributed by atoms with Crippen LogP contribution in [-0.4, -0.2) is 34.8 Å². The lowest BCUT2D eigenvalue weighted by atomic mass is 9.77. The number of carbonyl (C=O) groups is 3. The molecule has 134 valence electrons. The molecular weight excluding hydrogens is 325 g/mol. The van der Waals surface area contributed by atoms with E-state index >= 15 is 0 Å². The Morgan fingerprint density at radius 3 is 2.72 bits per heavy atom. The summed E-state index contributed by atoms with van der Waals surface area (Å²) in [6.07, 6.45) is 2.90. The molecule has 2 fully saturated rings. The third-order valence-corrected chi connectivity index (χ3v) is 5.07. The largest absolute Gasteiger partial charge is 0.325 e. The Morgan fingerprint density at radius 1 is 1.36 bits per heavy atom. The number of amides is 4. The molecule has 1 heterocycles. The summed E-state index contributed by atoms with van der Waals surface area (Å²) in [5.74, 6) is -0.996. The number of carbonyl (C=O) groups excluding carboxylic acids is 3. The summed E-state index contributed by atoms with van der Waals surface area (Å²) in [6, 6.07) is 3.80. The molecule has 6 nitrogen and oxygen atoms in total. The number of aryl methyl sites for hydroxylation is 1. The average Bonchev–Trinajstić information content (AvgIpc) is 2.78. The predicted octanol–water partition coefficient (Wildman–Crippen LogP) is 2.57. The molecule has 0 bridgehead atoms. The van der Waals surface area contributed by atoms with Gasteiger partial charge in [-0.05, 0) is 56.2 Å². The second-order valence-corrected chi connectivity index (χ2v) is 7.12. The Hall–Kier alpha value is -2.44. The van der Waals surface area contributed by atoms with Gasteiger partial charge in [0, 0.05) is 0 Å². The Labute approximate surface area is 145 Å². The van der Waals surface area contributed by atoms with E-state index in [1.54, 1.807) is 13.0 Å². The van der Waals surface area contributed by atoms with Crippen molar-refractivity contribution in [2.75, 3.05) is 11.9 Å². The summed E-state index contributed by atoms with van der Waals surface area (Å²) < 4.78 is 13.7. The van der Waals surface area contributed by atoms with Crippen molar-refractivity contribution in [3.63, 3.8) is 0 Å². The van der Waals surface area contributed by atoms with Crippen molar-refractivity contribution in [1.82, 2.24) is 10.2 Å². The number of halogens is 1. The van der Waals surface area contributed by atoms with E-state index in [0.29, 0.717) is 18.8 Å². The number of rotatable bonds is 3. The Morgan fingerprint density at radius 2 is 2.04 bits per heavy atom. The van der Waals surface area contributed by atoms with E-state index in [0.717, 1.165) is 23.3 Å². The lowest BCUT2D eigenvalue weighted by molar-refractivity contribution is -0.135. The lowest BCUT2D eigenvalue weighted by Gasteiger charge is -2.33. The molecule has 1 saturated heterocycles. The summed E-state index contributed by atoms with van der Waals surface area (Å²) in [7, 11) is 0. The smallest absolute Gasteiger partial charge is 0.323 e. The highest BCUT2D eigenvalue weighted by atomic mass is 19.1. The first kappa shape index (κ1) is 17.4. The maximum atomic E-state index is 13.7. The van der Waals surface area contributed by atoms with Crippen LogP contribution in [0.5, 0.6) is 0 Å². The lowest BCUT2D eigenvalue weighted by Crippen LogP contribution is -2.49. The van der Waals surface area contributed by atoms with Crippen LogP contribution in [0.25, 0.3) is 0 Å². The van der Waals surface area contributed by atoms with E-state index < -0.39 is 29.8 Å². The number of benzene rings is 1. The van der Waals surface area contributed by atoms with Gasteiger partial charge in [-0.2, -0.15) is 0 Å². The minimum atomic E-state index is -0.877. The quantitative estimate of drug-likeness (QED) is 0.825. The third kappa shape index (κ3) is 3.36. The molecular formula is C18H22FN3O3. The highest BCUT2D eigenvalue weighted by Gasteiger charge is 2.52. The zero-order valence-electron chi connectivity index (χ0n) is 14.4. The zero-order chi connectivity index (χ0) is 18.2. The SMILES string of the molecule is Cc1ccc(F)c(NC(=O)CN2C(=O)NC3(CCC(C)CC3)C2=O)c1. The number of hydrogen-bond donors (Lipinski definition) is 2. The van der Waals surface area contributed by atoms with Gasteiger partial charge >= 0.3 is 6.03 Å². The molecule has 1 spiro atoms. The van der Waals surface area contributed by atoms with Crippen molar-refractivity contribution in [2.24, 2.45) is 5.92 Å². The van der Waals surface area contributed by atoms with Crippen LogP contribution in [0.1, 0.15) is 38.2 Å². The fourth-order valence-electron chi connectivity index (χ4n) is 3.48. The maximum Gasteiger partial charge on any atom is 0.325 e. The Kier molecular flexibility index (Phi) is 4.49. The topological polar surface area (TPSA) is 78.5 Å². The molecule has 2 N–H and O–H groups in total. The molecule has 0 aromatic heterocycles. The number of hydrogen-bond acceptors (Lipinski definition) is 3. The van der Waals surface area contributed by atoms with Gasteiger partial charge in [-0.25, -0.2) is 9.18 Å². The van der Waals surface area contributed by atoms with Crippen LogP contribution >= 0.6 is 0 Å². The molecule has 1 aromatic rings. The van der Waals surface area contributed by atoms with Crippen molar-refractivity contribution >= 4 is 23.5 Å². The van der Waals surface area contributed by atoms with Crippen LogP contribution < -0.4 is 10.6 Å². The monoisotopic (exact) mass is 347 g/mol. The number of urea groups is 1.